The molecule has 1 aromatic heterocycles. The number of H-pyrrole nitrogens is 1. The molecule has 2 nitrogen and oxygen atoms in total. The molecule has 0 aliphatic carbocycles. The second kappa shape index (κ2) is 6.43. The number of aromatic nitrogens is 1. The zero-order valence-electron chi connectivity index (χ0n) is 14.0. The quantitative estimate of drug-likeness (QED) is 0.473. The molecule has 1 heterocycles. The lowest BCUT2D eigenvalue weighted by atomic mass is 9.92. The van der Waals surface area contributed by atoms with Crippen molar-refractivity contribution in [3.05, 3.63) is 94.8 Å². The first-order chi connectivity index (χ1) is 13.0. The van der Waals surface area contributed by atoms with Crippen LogP contribution in [0, 0.1) is 0 Å². The number of benzene rings is 3. The maximum atomic E-state index is 13.5. The van der Waals surface area contributed by atoms with E-state index in [-0.39, 0.29) is 10.8 Å². The number of alkyl halides is 3. The van der Waals surface area contributed by atoms with Crippen molar-refractivity contribution in [2.24, 2.45) is 0 Å². The smallest absolute Gasteiger partial charge is 0.321 e. The Balaban J connectivity index is 2.19. The molecule has 0 unspecified atom stereocenters. The second-order valence-corrected chi connectivity index (χ2v) is 6.16. The SMILES string of the molecule is O=c1[nH]c(-c2ccccc2)c(-c2ccccc2)c2cccc(C(F)(F)F)c12. The fraction of sp³-hybridized carbons (Fsp3) is 0.0455. The Labute approximate surface area is 152 Å². The molecular formula is C22H14F3NO. The highest BCUT2D eigenvalue weighted by Gasteiger charge is 2.34. The number of halogens is 3. The number of aromatic amines is 1. The third kappa shape index (κ3) is 3.01. The number of rotatable bonds is 2. The Kier molecular flexibility index (Phi) is 4.07. The summed E-state index contributed by atoms with van der Waals surface area (Å²) in [4.78, 5) is 15.4. The van der Waals surface area contributed by atoms with Gasteiger partial charge in [-0.05, 0) is 22.6 Å². The summed E-state index contributed by atoms with van der Waals surface area (Å²) >= 11 is 0. The highest BCUT2D eigenvalue weighted by Crippen LogP contribution is 2.39. The topological polar surface area (TPSA) is 32.9 Å². The molecule has 0 amide bonds. The van der Waals surface area contributed by atoms with Crippen LogP contribution in [0.25, 0.3) is 33.2 Å². The average molecular weight is 365 g/mol. The van der Waals surface area contributed by atoms with Crippen molar-refractivity contribution in [2.75, 3.05) is 0 Å². The summed E-state index contributed by atoms with van der Waals surface area (Å²) in [6, 6.07) is 22.1. The van der Waals surface area contributed by atoms with E-state index in [2.05, 4.69) is 4.98 Å². The van der Waals surface area contributed by atoms with Gasteiger partial charge in [-0.25, -0.2) is 0 Å². The van der Waals surface area contributed by atoms with Crippen molar-refractivity contribution >= 4 is 10.8 Å². The Morgan fingerprint density at radius 3 is 1.89 bits per heavy atom. The summed E-state index contributed by atoms with van der Waals surface area (Å²) < 4.78 is 40.5. The zero-order valence-corrected chi connectivity index (χ0v) is 14.0. The summed E-state index contributed by atoms with van der Waals surface area (Å²) in [5.41, 5.74) is 0.848. The first-order valence-electron chi connectivity index (χ1n) is 8.34. The molecule has 0 saturated heterocycles. The maximum absolute atomic E-state index is 13.5. The van der Waals surface area contributed by atoms with E-state index in [0.717, 1.165) is 17.2 Å². The van der Waals surface area contributed by atoms with Crippen molar-refractivity contribution in [3.8, 4) is 22.4 Å². The lowest BCUT2D eigenvalue weighted by molar-refractivity contribution is -0.136. The molecule has 5 heteroatoms. The molecule has 4 aromatic rings. The number of fused-ring (bicyclic) bond motifs is 1. The van der Waals surface area contributed by atoms with Gasteiger partial charge < -0.3 is 4.98 Å². The normalized spacial score (nSPS) is 11.7. The van der Waals surface area contributed by atoms with Gasteiger partial charge in [0.05, 0.1) is 16.6 Å². The Bertz CT molecular complexity index is 1160. The average Bonchev–Trinajstić information content (AvgIpc) is 2.68. The van der Waals surface area contributed by atoms with Crippen LogP contribution in [-0.4, -0.2) is 4.98 Å². The van der Waals surface area contributed by atoms with E-state index in [0.29, 0.717) is 11.3 Å². The number of nitrogens with one attached hydrogen (secondary N) is 1. The predicted octanol–water partition coefficient (Wildman–Crippen LogP) is 5.88. The highest BCUT2D eigenvalue weighted by molar-refractivity contribution is 6.03. The molecule has 3 aromatic carbocycles. The van der Waals surface area contributed by atoms with Gasteiger partial charge in [-0.1, -0.05) is 72.8 Å². The van der Waals surface area contributed by atoms with Crippen molar-refractivity contribution in [1.82, 2.24) is 4.98 Å². The van der Waals surface area contributed by atoms with Crippen molar-refractivity contribution < 1.29 is 13.2 Å². The van der Waals surface area contributed by atoms with Crippen LogP contribution in [0.2, 0.25) is 0 Å². The van der Waals surface area contributed by atoms with Crippen LogP contribution in [0.4, 0.5) is 13.2 Å². The molecule has 27 heavy (non-hydrogen) atoms. The fourth-order valence-corrected chi connectivity index (χ4v) is 3.34. The standard InChI is InChI=1S/C22H14F3NO/c23-22(24,25)17-13-7-12-16-18(14-8-3-1-4-9-14)20(26-21(27)19(16)17)15-10-5-2-6-11-15/h1-13H,(H,26,27). The van der Waals surface area contributed by atoms with E-state index < -0.39 is 17.3 Å². The van der Waals surface area contributed by atoms with Gasteiger partial charge in [-0.15, -0.1) is 0 Å². The largest absolute Gasteiger partial charge is 0.417 e. The maximum Gasteiger partial charge on any atom is 0.417 e. The summed E-state index contributed by atoms with van der Waals surface area (Å²) in [6.07, 6.45) is -4.62. The van der Waals surface area contributed by atoms with Gasteiger partial charge in [-0.2, -0.15) is 13.2 Å². The fourth-order valence-electron chi connectivity index (χ4n) is 3.34. The molecule has 134 valence electrons. The van der Waals surface area contributed by atoms with Crippen molar-refractivity contribution in [3.63, 3.8) is 0 Å². The van der Waals surface area contributed by atoms with Crippen LogP contribution in [0.3, 0.4) is 0 Å². The molecule has 0 radical (unpaired) electrons. The van der Waals surface area contributed by atoms with Crippen LogP contribution >= 0.6 is 0 Å². The number of hydrogen-bond donors (Lipinski definition) is 1. The van der Waals surface area contributed by atoms with Gasteiger partial charge in [0.15, 0.2) is 0 Å². The molecule has 0 aliphatic heterocycles. The van der Waals surface area contributed by atoms with E-state index in [1.165, 1.54) is 6.07 Å². The minimum Gasteiger partial charge on any atom is -0.321 e. The van der Waals surface area contributed by atoms with Crippen molar-refractivity contribution in [2.45, 2.75) is 6.18 Å². The van der Waals surface area contributed by atoms with Gasteiger partial charge >= 0.3 is 6.18 Å². The Hall–Kier alpha value is -3.34. The molecule has 4 rings (SSSR count). The molecule has 0 saturated carbocycles. The molecule has 1 N–H and O–H groups in total. The molecule has 0 bridgehead atoms. The van der Waals surface area contributed by atoms with Gasteiger partial charge in [0.1, 0.15) is 0 Å². The second-order valence-electron chi connectivity index (χ2n) is 6.16. The summed E-state index contributed by atoms with van der Waals surface area (Å²) in [5.74, 6) is 0. The first-order valence-corrected chi connectivity index (χ1v) is 8.34. The third-order valence-electron chi connectivity index (χ3n) is 4.48. The lowest BCUT2D eigenvalue weighted by Gasteiger charge is -2.16. The van der Waals surface area contributed by atoms with E-state index in [4.69, 9.17) is 0 Å². The van der Waals surface area contributed by atoms with Gasteiger partial charge in [0.2, 0.25) is 0 Å². The van der Waals surface area contributed by atoms with Gasteiger partial charge in [0, 0.05) is 5.56 Å². The van der Waals surface area contributed by atoms with E-state index in [9.17, 15) is 18.0 Å². The minimum atomic E-state index is -4.62. The monoisotopic (exact) mass is 365 g/mol. The lowest BCUT2D eigenvalue weighted by Crippen LogP contribution is -2.16. The first kappa shape index (κ1) is 17.1. The van der Waals surface area contributed by atoms with Crippen LogP contribution in [0.1, 0.15) is 5.56 Å². The van der Waals surface area contributed by atoms with E-state index >= 15 is 0 Å². The van der Waals surface area contributed by atoms with Crippen LogP contribution in [0.5, 0.6) is 0 Å². The molecular weight excluding hydrogens is 351 g/mol. The van der Waals surface area contributed by atoms with Gasteiger partial charge in [0.25, 0.3) is 5.56 Å². The molecule has 0 fully saturated rings. The molecule has 0 spiro atoms. The van der Waals surface area contributed by atoms with Crippen LogP contribution < -0.4 is 5.56 Å². The number of hydrogen-bond acceptors (Lipinski definition) is 1. The molecule has 0 atom stereocenters. The highest BCUT2D eigenvalue weighted by atomic mass is 19.4. The predicted molar refractivity (Wildman–Crippen MR) is 100 cm³/mol. The van der Waals surface area contributed by atoms with Crippen LogP contribution in [0.15, 0.2) is 83.7 Å². The van der Waals surface area contributed by atoms with E-state index in [1.54, 1.807) is 6.07 Å². The molecule has 0 aliphatic rings. The zero-order chi connectivity index (χ0) is 19.0. The summed E-state index contributed by atoms with van der Waals surface area (Å²) in [7, 11) is 0. The summed E-state index contributed by atoms with van der Waals surface area (Å²) in [6.45, 7) is 0. The van der Waals surface area contributed by atoms with E-state index in [1.807, 2.05) is 60.7 Å². The Morgan fingerprint density at radius 2 is 1.30 bits per heavy atom. The van der Waals surface area contributed by atoms with Gasteiger partial charge in [-0.3, -0.25) is 4.79 Å². The third-order valence-corrected chi connectivity index (χ3v) is 4.48. The Morgan fingerprint density at radius 1 is 0.704 bits per heavy atom. The summed E-state index contributed by atoms with van der Waals surface area (Å²) in [5, 5.41) is -0.0674. The van der Waals surface area contributed by atoms with Crippen molar-refractivity contribution in [1.29, 1.82) is 0 Å². The number of pyridine rings is 1. The van der Waals surface area contributed by atoms with Crippen LogP contribution in [-0.2, 0) is 6.18 Å². The minimum absolute atomic E-state index is 0.277.